The summed E-state index contributed by atoms with van der Waals surface area (Å²) in [6.07, 6.45) is 13.3. The summed E-state index contributed by atoms with van der Waals surface area (Å²) in [7, 11) is 0. The first kappa shape index (κ1) is 26.2. The molecule has 0 aromatic carbocycles. The van der Waals surface area contributed by atoms with E-state index in [0.717, 1.165) is 12.0 Å². The van der Waals surface area contributed by atoms with E-state index < -0.39 is 6.10 Å². The smallest absolute Gasteiger partial charge is 0.246 e. The van der Waals surface area contributed by atoms with Crippen molar-refractivity contribution in [3.05, 3.63) is 35.5 Å². The number of nitrogens with one attached hydrogen (secondary N) is 1. The minimum Gasteiger partial charge on any atom is -0.394 e. The molecule has 4 heteroatoms. The van der Waals surface area contributed by atoms with Gasteiger partial charge in [-0.15, -0.1) is 0 Å². The van der Waals surface area contributed by atoms with Crippen molar-refractivity contribution in [2.24, 2.45) is 5.92 Å². The summed E-state index contributed by atoms with van der Waals surface area (Å²) in [6.45, 7) is 9.60. The molecule has 0 heterocycles. The van der Waals surface area contributed by atoms with E-state index in [1.54, 1.807) is 19.9 Å². The third kappa shape index (κ3) is 12.5. The number of carbonyl (C=O) groups is 1. The van der Waals surface area contributed by atoms with Crippen molar-refractivity contribution in [3.8, 4) is 11.8 Å². The zero-order valence-electron chi connectivity index (χ0n) is 18.3. The number of aliphatic hydroxyl groups excluding tert-OH is 2. The van der Waals surface area contributed by atoms with E-state index in [9.17, 15) is 9.90 Å². The lowest BCUT2D eigenvalue weighted by Gasteiger charge is -2.16. The fourth-order valence-electron chi connectivity index (χ4n) is 2.53. The standard InChI is InChI=1S/C24H39NO3/c1-6-7-8-12-15-19(2)23(27)20(3)16-13-10-9-11-14-17-21(4)24(28)25-22(5)18-26/h13,15-17,20,22-23,26-27H,6-8,11-12,14,18H2,1-5H3,(H,25,28)/b16-13+,19-15+,21-17+/t20-,22+,23+/m1/s1. The third-order valence-electron chi connectivity index (χ3n) is 4.55. The van der Waals surface area contributed by atoms with E-state index in [1.807, 2.05) is 26.0 Å². The maximum atomic E-state index is 11.8. The van der Waals surface area contributed by atoms with Gasteiger partial charge in [0.15, 0.2) is 0 Å². The monoisotopic (exact) mass is 389 g/mol. The number of hydrogen-bond donors (Lipinski definition) is 3. The number of carbonyl (C=O) groups excluding carboxylic acids is 1. The van der Waals surface area contributed by atoms with Gasteiger partial charge in [-0.1, -0.05) is 56.8 Å². The van der Waals surface area contributed by atoms with E-state index in [1.165, 1.54) is 19.3 Å². The van der Waals surface area contributed by atoms with Crippen LogP contribution < -0.4 is 5.32 Å². The Morgan fingerprint density at radius 3 is 2.50 bits per heavy atom. The number of hydrogen-bond acceptors (Lipinski definition) is 3. The van der Waals surface area contributed by atoms with Gasteiger partial charge in [0, 0.05) is 24.0 Å². The van der Waals surface area contributed by atoms with Crippen LogP contribution in [0.25, 0.3) is 0 Å². The molecule has 28 heavy (non-hydrogen) atoms. The molecule has 0 aliphatic carbocycles. The molecule has 3 N–H and O–H groups in total. The molecule has 0 spiro atoms. The molecule has 4 nitrogen and oxygen atoms in total. The lowest BCUT2D eigenvalue weighted by atomic mass is 9.96. The van der Waals surface area contributed by atoms with Crippen molar-refractivity contribution in [3.63, 3.8) is 0 Å². The largest absolute Gasteiger partial charge is 0.394 e. The zero-order chi connectivity index (χ0) is 21.4. The predicted octanol–water partition coefficient (Wildman–Crippen LogP) is 4.29. The summed E-state index contributed by atoms with van der Waals surface area (Å²) in [4.78, 5) is 11.8. The summed E-state index contributed by atoms with van der Waals surface area (Å²) in [5, 5.41) is 22.0. The van der Waals surface area contributed by atoms with Crippen molar-refractivity contribution in [2.45, 2.75) is 85.3 Å². The lowest BCUT2D eigenvalue weighted by molar-refractivity contribution is -0.118. The highest BCUT2D eigenvalue weighted by atomic mass is 16.3. The lowest BCUT2D eigenvalue weighted by Crippen LogP contribution is -2.35. The Morgan fingerprint density at radius 1 is 1.14 bits per heavy atom. The van der Waals surface area contributed by atoms with Gasteiger partial charge in [-0.3, -0.25) is 4.79 Å². The molecule has 0 aliphatic heterocycles. The molecule has 0 aliphatic rings. The summed E-state index contributed by atoms with van der Waals surface area (Å²) >= 11 is 0. The SMILES string of the molecule is CCCCC/C=C(\C)[C@H](O)[C@H](C)/C=C/C#CCC/C=C(\C)C(=O)N[C@@H](C)CO. The van der Waals surface area contributed by atoms with Crippen LogP contribution in [0.4, 0.5) is 0 Å². The van der Waals surface area contributed by atoms with E-state index in [-0.39, 0.29) is 24.5 Å². The number of unbranched alkanes of at least 4 members (excludes halogenated alkanes) is 4. The summed E-state index contributed by atoms with van der Waals surface area (Å²) in [5.41, 5.74) is 1.66. The molecule has 0 fully saturated rings. The van der Waals surface area contributed by atoms with E-state index in [2.05, 4.69) is 30.2 Å². The predicted molar refractivity (Wildman–Crippen MR) is 118 cm³/mol. The van der Waals surface area contributed by atoms with Gasteiger partial charge in [0.05, 0.1) is 12.7 Å². The van der Waals surface area contributed by atoms with Gasteiger partial charge in [0.2, 0.25) is 5.91 Å². The quantitative estimate of drug-likeness (QED) is 0.202. The molecule has 0 radical (unpaired) electrons. The van der Waals surface area contributed by atoms with Gasteiger partial charge < -0.3 is 15.5 Å². The van der Waals surface area contributed by atoms with Crippen molar-refractivity contribution in [1.82, 2.24) is 5.32 Å². The summed E-state index contributed by atoms with van der Waals surface area (Å²) in [5.74, 6) is 5.91. The Labute approximate surface area is 171 Å². The highest BCUT2D eigenvalue weighted by molar-refractivity contribution is 5.92. The van der Waals surface area contributed by atoms with Gasteiger partial charge in [-0.05, 0) is 51.7 Å². The molecular weight excluding hydrogens is 350 g/mol. The molecule has 0 aromatic rings. The second-order valence-electron chi connectivity index (χ2n) is 7.41. The van der Waals surface area contributed by atoms with Crippen LogP contribution in [-0.2, 0) is 4.79 Å². The molecule has 158 valence electrons. The second-order valence-corrected chi connectivity index (χ2v) is 7.41. The second kappa shape index (κ2) is 16.2. The fourth-order valence-corrected chi connectivity index (χ4v) is 2.53. The molecule has 0 aromatic heterocycles. The number of allylic oxidation sites excluding steroid dienone is 3. The maximum Gasteiger partial charge on any atom is 0.246 e. The average Bonchev–Trinajstić information content (AvgIpc) is 2.68. The van der Waals surface area contributed by atoms with Crippen molar-refractivity contribution in [2.75, 3.05) is 6.61 Å². The number of amides is 1. The normalized spacial score (nSPS) is 15.7. The summed E-state index contributed by atoms with van der Waals surface area (Å²) in [6, 6.07) is -0.243. The molecule has 3 atom stereocenters. The number of aliphatic hydroxyl groups is 2. The van der Waals surface area contributed by atoms with E-state index in [0.29, 0.717) is 18.4 Å². The Hall–Kier alpha value is -1.83. The van der Waals surface area contributed by atoms with Crippen LogP contribution in [0.2, 0.25) is 0 Å². The van der Waals surface area contributed by atoms with Crippen LogP contribution in [-0.4, -0.2) is 34.9 Å². The van der Waals surface area contributed by atoms with Crippen LogP contribution in [0.1, 0.15) is 73.1 Å². The topological polar surface area (TPSA) is 69.6 Å². The van der Waals surface area contributed by atoms with Gasteiger partial charge in [0.25, 0.3) is 0 Å². The molecule has 0 rings (SSSR count). The molecule has 1 amide bonds. The summed E-state index contributed by atoms with van der Waals surface area (Å²) < 4.78 is 0. The molecule has 0 bridgehead atoms. The Bertz CT molecular complexity index is 593. The third-order valence-corrected chi connectivity index (χ3v) is 4.55. The van der Waals surface area contributed by atoms with Gasteiger partial charge in [-0.2, -0.15) is 0 Å². The Kier molecular flexibility index (Phi) is 15.1. The van der Waals surface area contributed by atoms with Gasteiger partial charge in [0.1, 0.15) is 0 Å². The van der Waals surface area contributed by atoms with Crippen molar-refractivity contribution >= 4 is 5.91 Å². The highest BCUT2D eigenvalue weighted by Crippen LogP contribution is 2.15. The van der Waals surface area contributed by atoms with Crippen molar-refractivity contribution < 1.29 is 15.0 Å². The fraction of sp³-hybridized carbons (Fsp3) is 0.625. The first-order valence-electron chi connectivity index (χ1n) is 10.4. The maximum absolute atomic E-state index is 11.8. The van der Waals surface area contributed by atoms with E-state index >= 15 is 0 Å². The molecule has 0 unspecified atom stereocenters. The highest BCUT2D eigenvalue weighted by Gasteiger charge is 2.12. The van der Waals surface area contributed by atoms with Crippen LogP contribution in [0.5, 0.6) is 0 Å². The van der Waals surface area contributed by atoms with Gasteiger partial charge in [-0.25, -0.2) is 0 Å². The van der Waals surface area contributed by atoms with Gasteiger partial charge >= 0.3 is 0 Å². The van der Waals surface area contributed by atoms with E-state index in [4.69, 9.17) is 5.11 Å². The molecule has 0 saturated heterocycles. The first-order chi connectivity index (χ1) is 13.3. The Balaban J connectivity index is 4.30. The Morgan fingerprint density at radius 2 is 1.86 bits per heavy atom. The number of rotatable bonds is 12. The average molecular weight is 390 g/mol. The van der Waals surface area contributed by atoms with Crippen LogP contribution >= 0.6 is 0 Å². The molecule has 0 saturated carbocycles. The molecular formula is C24H39NO3. The van der Waals surface area contributed by atoms with Crippen LogP contribution in [0.3, 0.4) is 0 Å². The van der Waals surface area contributed by atoms with Crippen molar-refractivity contribution in [1.29, 1.82) is 0 Å². The van der Waals surface area contributed by atoms with Crippen LogP contribution in [0, 0.1) is 17.8 Å². The zero-order valence-corrected chi connectivity index (χ0v) is 18.3. The van der Waals surface area contributed by atoms with Crippen LogP contribution in [0.15, 0.2) is 35.5 Å². The minimum absolute atomic E-state index is 0.0241. The minimum atomic E-state index is -0.468. The first-order valence-corrected chi connectivity index (χ1v) is 10.4.